The highest BCUT2D eigenvalue weighted by atomic mass is 19.1. The molecule has 0 aliphatic rings. The van der Waals surface area contributed by atoms with Crippen LogP contribution < -0.4 is 10.9 Å². The summed E-state index contributed by atoms with van der Waals surface area (Å²) in [6.07, 6.45) is 0.402. The molecule has 0 saturated carbocycles. The summed E-state index contributed by atoms with van der Waals surface area (Å²) >= 11 is 0. The first-order valence-corrected chi connectivity index (χ1v) is 6.87. The number of aromatic nitrogens is 1. The Kier molecular flexibility index (Phi) is 5.24. The maximum Gasteiger partial charge on any atom is 0.326 e. The molecule has 0 unspecified atom stereocenters. The van der Waals surface area contributed by atoms with Gasteiger partial charge in [-0.3, -0.25) is 14.4 Å². The lowest BCUT2D eigenvalue weighted by molar-refractivity contribution is -0.153. The van der Waals surface area contributed by atoms with Gasteiger partial charge in [-0.1, -0.05) is 6.07 Å². The largest absolute Gasteiger partial charge is 0.451 e. The number of pyridine rings is 1. The Morgan fingerprint density at radius 2 is 1.91 bits per heavy atom. The van der Waals surface area contributed by atoms with Crippen molar-refractivity contribution < 1.29 is 18.7 Å². The number of hydrogen-bond acceptors (Lipinski definition) is 4. The third-order valence-electron chi connectivity index (χ3n) is 2.99. The van der Waals surface area contributed by atoms with E-state index in [0.717, 1.165) is 0 Å². The van der Waals surface area contributed by atoms with Gasteiger partial charge in [0, 0.05) is 18.0 Å². The number of amides is 1. The van der Waals surface area contributed by atoms with Crippen LogP contribution in [0, 0.1) is 5.82 Å². The molecule has 23 heavy (non-hydrogen) atoms. The summed E-state index contributed by atoms with van der Waals surface area (Å²) in [5.74, 6) is -1.68. The number of ether oxygens (including phenoxy) is 1. The summed E-state index contributed by atoms with van der Waals surface area (Å²) in [5.41, 5.74) is 0.0476. The summed E-state index contributed by atoms with van der Waals surface area (Å²) in [4.78, 5) is 35.2. The molecule has 0 saturated heterocycles. The van der Waals surface area contributed by atoms with Gasteiger partial charge < -0.3 is 14.6 Å². The number of esters is 1. The smallest absolute Gasteiger partial charge is 0.326 e. The van der Waals surface area contributed by atoms with E-state index in [1.54, 1.807) is 12.1 Å². The second-order valence-corrected chi connectivity index (χ2v) is 4.80. The summed E-state index contributed by atoms with van der Waals surface area (Å²) in [5, 5.41) is 2.50. The number of anilines is 1. The molecule has 1 N–H and O–H groups in total. The highest BCUT2D eigenvalue weighted by Gasteiger charge is 2.18. The van der Waals surface area contributed by atoms with Gasteiger partial charge in [-0.15, -0.1) is 0 Å². The van der Waals surface area contributed by atoms with Gasteiger partial charge in [0.15, 0.2) is 6.10 Å². The average molecular weight is 318 g/mol. The van der Waals surface area contributed by atoms with Crippen LogP contribution in [0.5, 0.6) is 0 Å². The van der Waals surface area contributed by atoms with E-state index in [-0.39, 0.29) is 12.1 Å². The maximum absolute atomic E-state index is 12.8. The van der Waals surface area contributed by atoms with Gasteiger partial charge in [0.05, 0.1) is 0 Å². The molecule has 120 valence electrons. The number of halogens is 1. The third-order valence-corrected chi connectivity index (χ3v) is 2.99. The van der Waals surface area contributed by atoms with Crippen molar-refractivity contribution in [2.45, 2.75) is 19.6 Å². The Hall–Kier alpha value is -2.96. The maximum atomic E-state index is 12.8. The van der Waals surface area contributed by atoms with Crippen LogP contribution in [0.15, 0.2) is 53.5 Å². The molecule has 1 aromatic carbocycles. The third kappa shape index (κ3) is 4.77. The molecule has 6 nitrogen and oxygen atoms in total. The van der Waals surface area contributed by atoms with Crippen LogP contribution in [-0.2, 0) is 20.9 Å². The molecule has 1 amide bonds. The van der Waals surface area contributed by atoms with Crippen LogP contribution in [0.1, 0.15) is 6.92 Å². The molecule has 0 fully saturated rings. The number of rotatable bonds is 5. The van der Waals surface area contributed by atoms with E-state index in [9.17, 15) is 18.8 Å². The first-order chi connectivity index (χ1) is 11.0. The highest BCUT2D eigenvalue weighted by molar-refractivity contribution is 5.95. The van der Waals surface area contributed by atoms with Crippen LogP contribution in [0.2, 0.25) is 0 Å². The minimum Gasteiger partial charge on any atom is -0.451 e. The highest BCUT2D eigenvalue weighted by Crippen LogP contribution is 2.09. The zero-order chi connectivity index (χ0) is 16.8. The van der Waals surface area contributed by atoms with E-state index < -0.39 is 23.8 Å². The molecule has 1 atom stereocenters. The normalized spacial score (nSPS) is 11.6. The van der Waals surface area contributed by atoms with Crippen molar-refractivity contribution in [2.24, 2.45) is 0 Å². The Bertz CT molecular complexity index is 755. The van der Waals surface area contributed by atoms with E-state index in [0.29, 0.717) is 5.69 Å². The lowest BCUT2D eigenvalue weighted by atomic mass is 10.3. The molecular formula is C16H15FN2O4. The standard InChI is InChI=1S/C16H15FN2O4/c1-11(16(22)18-13-7-5-12(17)6-8-13)23-15(21)10-19-9-3-2-4-14(19)20/h2-9,11H,10H2,1H3,(H,18,22)/t11-/m1/s1. The molecule has 0 bridgehead atoms. The molecule has 2 aromatic rings. The zero-order valence-electron chi connectivity index (χ0n) is 12.4. The summed E-state index contributed by atoms with van der Waals surface area (Å²) in [6, 6.07) is 9.68. The predicted molar refractivity (Wildman–Crippen MR) is 81.3 cm³/mol. The Morgan fingerprint density at radius 3 is 2.57 bits per heavy atom. The predicted octanol–water partition coefficient (Wildman–Crippen LogP) is 1.56. The van der Waals surface area contributed by atoms with E-state index in [1.165, 1.54) is 48.0 Å². The number of carbonyl (C=O) groups excluding carboxylic acids is 2. The fourth-order valence-corrected chi connectivity index (χ4v) is 1.80. The number of hydrogen-bond donors (Lipinski definition) is 1. The van der Waals surface area contributed by atoms with E-state index in [2.05, 4.69) is 5.32 Å². The van der Waals surface area contributed by atoms with Crippen LogP contribution in [0.25, 0.3) is 0 Å². The number of nitrogens with one attached hydrogen (secondary N) is 1. The van der Waals surface area contributed by atoms with Crippen LogP contribution in [0.3, 0.4) is 0 Å². The summed E-state index contributed by atoms with van der Waals surface area (Å²) in [7, 11) is 0. The lowest BCUT2D eigenvalue weighted by Crippen LogP contribution is -2.32. The molecule has 0 aliphatic heterocycles. The van der Waals surface area contributed by atoms with E-state index in [4.69, 9.17) is 4.74 Å². The van der Waals surface area contributed by atoms with Gasteiger partial charge in [0.1, 0.15) is 12.4 Å². The SMILES string of the molecule is C[C@@H](OC(=O)Cn1ccccc1=O)C(=O)Nc1ccc(F)cc1. The Morgan fingerprint density at radius 1 is 1.22 bits per heavy atom. The molecule has 1 heterocycles. The number of nitrogens with zero attached hydrogens (tertiary/aromatic N) is 1. The second kappa shape index (κ2) is 7.35. The minimum atomic E-state index is -1.05. The van der Waals surface area contributed by atoms with Crippen molar-refractivity contribution in [2.75, 3.05) is 5.32 Å². The average Bonchev–Trinajstić information content (AvgIpc) is 2.51. The van der Waals surface area contributed by atoms with Crippen molar-refractivity contribution in [1.82, 2.24) is 4.57 Å². The first kappa shape index (κ1) is 16.4. The monoisotopic (exact) mass is 318 g/mol. The van der Waals surface area contributed by atoms with Crippen molar-refractivity contribution in [3.05, 3.63) is 64.8 Å². The zero-order valence-corrected chi connectivity index (χ0v) is 12.4. The Labute approximate surface area is 131 Å². The van der Waals surface area contributed by atoms with Crippen molar-refractivity contribution in [3.63, 3.8) is 0 Å². The fourth-order valence-electron chi connectivity index (χ4n) is 1.80. The van der Waals surface area contributed by atoms with Gasteiger partial charge in [0.2, 0.25) is 0 Å². The lowest BCUT2D eigenvalue weighted by Gasteiger charge is -2.14. The van der Waals surface area contributed by atoms with Gasteiger partial charge in [0.25, 0.3) is 11.5 Å². The van der Waals surface area contributed by atoms with Gasteiger partial charge in [-0.2, -0.15) is 0 Å². The Balaban J connectivity index is 1.90. The topological polar surface area (TPSA) is 77.4 Å². The fraction of sp³-hybridized carbons (Fsp3) is 0.188. The molecule has 0 radical (unpaired) electrons. The van der Waals surface area contributed by atoms with Crippen LogP contribution >= 0.6 is 0 Å². The molecule has 0 aliphatic carbocycles. The van der Waals surface area contributed by atoms with E-state index in [1.807, 2.05) is 0 Å². The first-order valence-electron chi connectivity index (χ1n) is 6.87. The van der Waals surface area contributed by atoms with Crippen molar-refractivity contribution in [3.8, 4) is 0 Å². The van der Waals surface area contributed by atoms with Crippen molar-refractivity contribution >= 4 is 17.6 Å². The number of benzene rings is 1. The second-order valence-electron chi connectivity index (χ2n) is 4.80. The molecule has 0 spiro atoms. The van der Waals surface area contributed by atoms with E-state index >= 15 is 0 Å². The van der Waals surface area contributed by atoms with Gasteiger partial charge in [-0.25, -0.2) is 4.39 Å². The molecular weight excluding hydrogens is 303 g/mol. The van der Waals surface area contributed by atoms with Gasteiger partial charge >= 0.3 is 5.97 Å². The molecule has 7 heteroatoms. The van der Waals surface area contributed by atoms with Crippen LogP contribution in [-0.4, -0.2) is 22.5 Å². The van der Waals surface area contributed by atoms with Gasteiger partial charge in [-0.05, 0) is 37.3 Å². The molecule has 2 rings (SSSR count). The van der Waals surface area contributed by atoms with Crippen LogP contribution in [0.4, 0.5) is 10.1 Å². The summed E-state index contributed by atoms with van der Waals surface area (Å²) < 4.78 is 18.9. The summed E-state index contributed by atoms with van der Waals surface area (Å²) in [6.45, 7) is 1.12. The molecule has 1 aromatic heterocycles. The minimum absolute atomic E-state index is 0.284. The quantitative estimate of drug-likeness (QED) is 0.849. The van der Waals surface area contributed by atoms with Crippen molar-refractivity contribution in [1.29, 1.82) is 0 Å². The number of carbonyl (C=O) groups is 2.